The van der Waals surface area contributed by atoms with E-state index in [4.69, 9.17) is 4.52 Å². The number of hydrogen-bond donors (Lipinski definition) is 1. The molecule has 1 N–H and O–H groups in total. The molecule has 2 aromatic carbocycles. The first-order valence-electron chi connectivity index (χ1n) is 9.23. The third-order valence-electron chi connectivity index (χ3n) is 4.81. The molecule has 0 saturated heterocycles. The Bertz CT molecular complexity index is 1450. The highest BCUT2D eigenvalue weighted by Crippen LogP contribution is 2.27. The Morgan fingerprint density at radius 3 is 2.87 bits per heavy atom. The Kier molecular flexibility index (Phi) is 4.25. The number of rotatable bonds is 5. The van der Waals surface area contributed by atoms with Crippen LogP contribution in [0.25, 0.3) is 28.0 Å². The molecule has 5 rings (SSSR count). The van der Waals surface area contributed by atoms with E-state index in [-0.39, 0.29) is 5.75 Å². The summed E-state index contributed by atoms with van der Waals surface area (Å²) in [6.45, 7) is 1.85. The van der Waals surface area contributed by atoms with E-state index in [0.717, 1.165) is 11.1 Å². The molecule has 30 heavy (non-hydrogen) atoms. The van der Waals surface area contributed by atoms with Crippen molar-refractivity contribution in [1.29, 1.82) is 0 Å². The normalized spacial score (nSPS) is 11.9. The van der Waals surface area contributed by atoms with Gasteiger partial charge in [0.15, 0.2) is 5.58 Å². The molecule has 5 aromatic rings. The molecule has 0 aliphatic heterocycles. The summed E-state index contributed by atoms with van der Waals surface area (Å²) in [7, 11) is -3.71. The third kappa shape index (κ3) is 3.39. The fraction of sp³-hybridized carbons (Fsp3) is 0.0952. The fourth-order valence-electron chi connectivity index (χ4n) is 3.29. The predicted molar refractivity (Wildman–Crippen MR) is 113 cm³/mol. The van der Waals surface area contributed by atoms with Gasteiger partial charge in [-0.25, -0.2) is 18.4 Å². The summed E-state index contributed by atoms with van der Waals surface area (Å²) in [6.07, 6.45) is 5.39. The Balaban J connectivity index is 1.45. The summed E-state index contributed by atoms with van der Waals surface area (Å²) in [4.78, 5) is 8.72. The average molecular weight is 419 g/mol. The van der Waals surface area contributed by atoms with Crippen LogP contribution in [0.15, 0.2) is 71.6 Å². The highest BCUT2D eigenvalue weighted by atomic mass is 32.2. The largest absolute Gasteiger partial charge is 0.356 e. The van der Waals surface area contributed by atoms with E-state index in [0.29, 0.717) is 33.8 Å². The van der Waals surface area contributed by atoms with Crippen molar-refractivity contribution in [2.45, 2.75) is 12.7 Å². The quantitative estimate of drug-likeness (QED) is 0.465. The van der Waals surface area contributed by atoms with E-state index in [1.165, 1.54) is 0 Å². The molecule has 150 valence electrons. The van der Waals surface area contributed by atoms with Crippen LogP contribution in [0.5, 0.6) is 0 Å². The summed E-state index contributed by atoms with van der Waals surface area (Å²) < 4.78 is 35.4. The van der Waals surface area contributed by atoms with Gasteiger partial charge in [-0.05, 0) is 36.8 Å². The van der Waals surface area contributed by atoms with Crippen molar-refractivity contribution >= 4 is 32.5 Å². The lowest BCUT2D eigenvalue weighted by molar-refractivity contribution is 0.448. The van der Waals surface area contributed by atoms with Gasteiger partial charge in [-0.15, -0.1) is 0 Å². The first kappa shape index (κ1) is 18.3. The van der Waals surface area contributed by atoms with E-state index in [2.05, 4.69) is 19.8 Å². The molecule has 0 radical (unpaired) electrons. The first-order chi connectivity index (χ1) is 14.5. The summed E-state index contributed by atoms with van der Waals surface area (Å²) in [6, 6.07) is 14.5. The van der Waals surface area contributed by atoms with Crippen LogP contribution in [0.4, 0.5) is 5.69 Å². The summed E-state index contributed by atoms with van der Waals surface area (Å²) in [5.41, 5.74) is 3.71. The fourth-order valence-corrected chi connectivity index (χ4v) is 4.48. The van der Waals surface area contributed by atoms with Gasteiger partial charge in [-0.1, -0.05) is 29.4 Å². The molecule has 0 aliphatic carbocycles. The number of sulfonamides is 1. The maximum atomic E-state index is 12.8. The number of benzene rings is 2. The van der Waals surface area contributed by atoms with E-state index < -0.39 is 10.0 Å². The van der Waals surface area contributed by atoms with Gasteiger partial charge in [0.1, 0.15) is 11.4 Å². The van der Waals surface area contributed by atoms with Crippen LogP contribution < -0.4 is 4.72 Å². The molecule has 0 saturated carbocycles. The molecule has 0 spiro atoms. The zero-order valence-electron chi connectivity index (χ0n) is 16.0. The van der Waals surface area contributed by atoms with Crippen molar-refractivity contribution in [3.63, 3.8) is 0 Å². The molecule has 3 aromatic heterocycles. The van der Waals surface area contributed by atoms with Gasteiger partial charge in [0.25, 0.3) is 0 Å². The van der Waals surface area contributed by atoms with Crippen molar-refractivity contribution in [2.24, 2.45) is 0 Å². The average Bonchev–Trinajstić information content (AvgIpc) is 3.34. The molecular formula is C21H17N5O3S. The van der Waals surface area contributed by atoms with Gasteiger partial charge >= 0.3 is 0 Å². The number of imidazole rings is 1. The van der Waals surface area contributed by atoms with Crippen molar-refractivity contribution in [2.75, 3.05) is 4.72 Å². The predicted octanol–water partition coefficient (Wildman–Crippen LogP) is 3.79. The Labute approximate surface area is 172 Å². The number of hydrogen-bond acceptors (Lipinski definition) is 6. The number of para-hydroxylation sites is 1. The van der Waals surface area contributed by atoms with Crippen LogP contribution in [0, 0.1) is 6.92 Å². The minimum absolute atomic E-state index is 0.286. The molecule has 0 amide bonds. The van der Waals surface area contributed by atoms with Gasteiger partial charge in [-0.3, -0.25) is 9.12 Å². The summed E-state index contributed by atoms with van der Waals surface area (Å²) in [5, 5.41) is 4.61. The van der Waals surface area contributed by atoms with Crippen molar-refractivity contribution in [3.8, 4) is 11.3 Å². The molecule has 0 fully saturated rings. The second kappa shape index (κ2) is 6.96. The Hall–Kier alpha value is -3.72. The summed E-state index contributed by atoms with van der Waals surface area (Å²) in [5.74, 6) is 0.291. The number of anilines is 1. The van der Waals surface area contributed by atoms with Crippen molar-refractivity contribution < 1.29 is 12.9 Å². The minimum atomic E-state index is -3.71. The number of nitrogens with one attached hydrogen (secondary N) is 1. The lowest BCUT2D eigenvalue weighted by Crippen LogP contribution is -2.16. The number of aromatic nitrogens is 4. The molecule has 9 heteroatoms. The van der Waals surface area contributed by atoms with Crippen molar-refractivity contribution in [3.05, 3.63) is 78.4 Å². The second-order valence-electron chi connectivity index (χ2n) is 6.97. The first-order valence-corrected chi connectivity index (χ1v) is 10.9. The topological polar surface area (TPSA) is 102 Å². The van der Waals surface area contributed by atoms with Gasteiger partial charge in [0.05, 0.1) is 11.4 Å². The van der Waals surface area contributed by atoms with Crippen LogP contribution in [0.2, 0.25) is 0 Å². The number of fused-ring (bicyclic) bond motifs is 2. The SMILES string of the molecule is Cc1ccc(-c2cn3cccnc3n2)cc1NS(=O)(=O)Cc1noc2ccccc12. The molecular weight excluding hydrogens is 402 g/mol. The molecule has 3 heterocycles. The molecule has 0 aliphatic rings. The standard InChI is InChI=1S/C21H17N5O3S/c1-14-7-8-15(18-12-26-10-4-9-22-21(26)23-18)11-17(14)25-30(27,28)13-19-16-5-2-3-6-20(16)29-24-19/h2-12,25H,13H2,1H3. The Morgan fingerprint density at radius 2 is 2.00 bits per heavy atom. The van der Waals surface area contributed by atoms with Gasteiger partial charge in [-0.2, -0.15) is 0 Å². The molecule has 8 nitrogen and oxygen atoms in total. The van der Waals surface area contributed by atoms with E-state index in [1.807, 2.05) is 54.0 Å². The van der Waals surface area contributed by atoms with Crippen LogP contribution in [-0.4, -0.2) is 27.9 Å². The van der Waals surface area contributed by atoms with Gasteiger partial charge < -0.3 is 4.52 Å². The van der Waals surface area contributed by atoms with Gasteiger partial charge in [0, 0.05) is 29.5 Å². The van der Waals surface area contributed by atoms with E-state index in [9.17, 15) is 8.42 Å². The van der Waals surface area contributed by atoms with E-state index in [1.54, 1.807) is 24.4 Å². The number of aryl methyl sites for hydroxylation is 1. The van der Waals surface area contributed by atoms with Gasteiger partial charge in [0.2, 0.25) is 15.8 Å². The van der Waals surface area contributed by atoms with Crippen molar-refractivity contribution in [1.82, 2.24) is 19.5 Å². The number of nitrogens with zero attached hydrogens (tertiary/aromatic N) is 4. The smallest absolute Gasteiger partial charge is 0.238 e. The zero-order chi connectivity index (χ0) is 20.7. The monoisotopic (exact) mass is 419 g/mol. The molecule has 0 bridgehead atoms. The van der Waals surface area contributed by atoms with Crippen LogP contribution >= 0.6 is 0 Å². The lowest BCUT2D eigenvalue weighted by Gasteiger charge is -2.11. The second-order valence-corrected chi connectivity index (χ2v) is 8.69. The third-order valence-corrected chi connectivity index (χ3v) is 6.00. The lowest BCUT2D eigenvalue weighted by atomic mass is 10.1. The molecule has 0 unspecified atom stereocenters. The van der Waals surface area contributed by atoms with Crippen LogP contribution in [-0.2, 0) is 15.8 Å². The Morgan fingerprint density at radius 1 is 1.13 bits per heavy atom. The van der Waals surface area contributed by atoms with Crippen LogP contribution in [0.3, 0.4) is 0 Å². The highest BCUT2D eigenvalue weighted by Gasteiger charge is 2.19. The zero-order valence-corrected chi connectivity index (χ0v) is 16.8. The maximum absolute atomic E-state index is 12.8. The summed E-state index contributed by atoms with van der Waals surface area (Å²) >= 11 is 0. The minimum Gasteiger partial charge on any atom is -0.356 e. The van der Waals surface area contributed by atoms with Crippen LogP contribution in [0.1, 0.15) is 11.3 Å². The highest BCUT2D eigenvalue weighted by molar-refractivity contribution is 7.91. The van der Waals surface area contributed by atoms with E-state index >= 15 is 0 Å². The molecule has 0 atom stereocenters. The maximum Gasteiger partial charge on any atom is 0.238 e.